The summed E-state index contributed by atoms with van der Waals surface area (Å²) in [4.78, 5) is 8.35. The van der Waals surface area contributed by atoms with Gasteiger partial charge in [0.25, 0.3) is 0 Å². The number of ether oxygens (including phenoxy) is 1. The van der Waals surface area contributed by atoms with E-state index in [9.17, 15) is 0 Å². The molecule has 0 atom stereocenters. The second-order valence-electron chi connectivity index (χ2n) is 4.49. The number of rotatable bonds is 4. The molecule has 20 heavy (non-hydrogen) atoms. The SMILES string of the molecule is CCc1cccc(OCc2nc3ncc(N)cc3o2)c1. The fourth-order valence-electron chi connectivity index (χ4n) is 1.94. The fraction of sp³-hybridized carbons (Fsp3) is 0.200. The Kier molecular flexibility index (Phi) is 3.25. The van der Waals surface area contributed by atoms with Crippen LogP contribution in [0.25, 0.3) is 11.2 Å². The van der Waals surface area contributed by atoms with Gasteiger partial charge in [0.15, 0.2) is 17.8 Å². The van der Waals surface area contributed by atoms with Crippen molar-refractivity contribution in [3.63, 3.8) is 0 Å². The quantitative estimate of drug-likeness (QED) is 0.788. The molecule has 2 heterocycles. The number of nitrogens with zero attached hydrogens (tertiary/aromatic N) is 2. The van der Waals surface area contributed by atoms with Crippen molar-refractivity contribution in [1.29, 1.82) is 0 Å². The van der Waals surface area contributed by atoms with Crippen LogP contribution in [0.4, 0.5) is 5.69 Å². The number of anilines is 1. The molecule has 3 aromatic rings. The summed E-state index contributed by atoms with van der Waals surface area (Å²) in [7, 11) is 0. The largest absolute Gasteiger partial charge is 0.484 e. The minimum atomic E-state index is 0.267. The first-order valence-corrected chi connectivity index (χ1v) is 6.47. The molecule has 5 nitrogen and oxygen atoms in total. The van der Waals surface area contributed by atoms with E-state index >= 15 is 0 Å². The number of nitrogen functional groups attached to an aromatic ring is 1. The number of aromatic nitrogens is 2. The maximum absolute atomic E-state index is 5.68. The summed E-state index contributed by atoms with van der Waals surface area (Å²) in [6.07, 6.45) is 2.53. The van der Waals surface area contributed by atoms with Crippen molar-refractivity contribution in [2.45, 2.75) is 20.0 Å². The van der Waals surface area contributed by atoms with Crippen LogP contribution in [-0.4, -0.2) is 9.97 Å². The fourth-order valence-corrected chi connectivity index (χ4v) is 1.94. The summed E-state index contributed by atoms with van der Waals surface area (Å²) >= 11 is 0. The van der Waals surface area contributed by atoms with Crippen molar-refractivity contribution in [1.82, 2.24) is 9.97 Å². The number of aryl methyl sites for hydroxylation is 1. The van der Waals surface area contributed by atoms with Crippen molar-refractivity contribution in [2.75, 3.05) is 5.73 Å². The smallest absolute Gasteiger partial charge is 0.235 e. The monoisotopic (exact) mass is 269 g/mol. The van der Waals surface area contributed by atoms with Crippen molar-refractivity contribution >= 4 is 16.9 Å². The molecular weight excluding hydrogens is 254 g/mol. The van der Waals surface area contributed by atoms with Crippen LogP contribution in [0.5, 0.6) is 5.75 Å². The highest BCUT2D eigenvalue weighted by Crippen LogP contribution is 2.18. The van der Waals surface area contributed by atoms with E-state index in [0.717, 1.165) is 12.2 Å². The molecule has 0 spiro atoms. The van der Waals surface area contributed by atoms with Crippen LogP contribution < -0.4 is 10.5 Å². The number of pyridine rings is 1. The van der Waals surface area contributed by atoms with Crippen molar-refractivity contribution in [2.24, 2.45) is 0 Å². The number of benzene rings is 1. The van der Waals surface area contributed by atoms with Crippen LogP contribution in [0.2, 0.25) is 0 Å². The maximum atomic E-state index is 5.68. The first-order chi connectivity index (χ1) is 9.74. The van der Waals surface area contributed by atoms with Gasteiger partial charge in [-0.25, -0.2) is 4.98 Å². The van der Waals surface area contributed by atoms with Crippen molar-refractivity contribution in [3.05, 3.63) is 48.0 Å². The van der Waals surface area contributed by atoms with Crippen molar-refractivity contribution < 1.29 is 9.15 Å². The normalized spacial score (nSPS) is 10.8. The van der Waals surface area contributed by atoms with Crippen LogP contribution in [0.1, 0.15) is 18.4 Å². The van der Waals surface area contributed by atoms with E-state index in [0.29, 0.717) is 22.8 Å². The van der Waals surface area contributed by atoms with Gasteiger partial charge in [-0.3, -0.25) is 0 Å². The summed E-state index contributed by atoms with van der Waals surface area (Å²) in [6, 6.07) is 9.68. The molecule has 0 aliphatic carbocycles. The molecule has 102 valence electrons. The highest BCUT2D eigenvalue weighted by atomic mass is 16.5. The molecular formula is C15H15N3O2. The highest BCUT2D eigenvalue weighted by molar-refractivity contribution is 5.71. The minimum Gasteiger partial charge on any atom is -0.484 e. The van der Waals surface area contributed by atoms with Crippen molar-refractivity contribution in [3.8, 4) is 5.75 Å². The first kappa shape index (κ1) is 12.5. The van der Waals surface area contributed by atoms with Gasteiger partial charge in [0.1, 0.15) is 5.75 Å². The maximum Gasteiger partial charge on any atom is 0.235 e. The van der Waals surface area contributed by atoms with Gasteiger partial charge < -0.3 is 14.9 Å². The molecule has 2 N–H and O–H groups in total. The molecule has 0 bridgehead atoms. The Hall–Kier alpha value is -2.56. The average molecular weight is 269 g/mol. The van der Waals surface area contributed by atoms with Gasteiger partial charge in [0.2, 0.25) is 5.89 Å². The third-order valence-corrected chi connectivity index (χ3v) is 2.98. The predicted molar refractivity (Wildman–Crippen MR) is 76.4 cm³/mol. The lowest BCUT2D eigenvalue weighted by Crippen LogP contribution is -1.96. The summed E-state index contributed by atoms with van der Waals surface area (Å²) < 4.78 is 11.2. The number of nitrogens with two attached hydrogens (primary N) is 1. The first-order valence-electron chi connectivity index (χ1n) is 6.47. The van der Waals surface area contributed by atoms with E-state index in [1.807, 2.05) is 18.2 Å². The third kappa shape index (κ3) is 2.56. The minimum absolute atomic E-state index is 0.267. The number of hydrogen-bond donors (Lipinski definition) is 1. The van der Waals surface area contributed by atoms with E-state index in [2.05, 4.69) is 23.0 Å². The van der Waals surface area contributed by atoms with Gasteiger partial charge in [-0.05, 0) is 24.1 Å². The summed E-state index contributed by atoms with van der Waals surface area (Å²) in [5.41, 5.74) is 8.55. The molecule has 0 amide bonds. The molecule has 0 fully saturated rings. The lowest BCUT2D eigenvalue weighted by atomic mass is 10.2. The topological polar surface area (TPSA) is 74.2 Å². The number of oxazole rings is 1. The van der Waals surface area contributed by atoms with Gasteiger partial charge in [0.05, 0.1) is 11.9 Å². The molecule has 3 rings (SSSR count). The predicted octanol–water partition coefficient (Wildman–Crippen LogP) is 2.95. The Labute approximate surface area is 116 Å². The molecule has 0 saturated carbocycles. The van der Waals surface area contributed by atoms with Crippen LogP contribution in [0.3, 0.4) is 0 Å². The average Bonchev–Trinajstić information content (AvgIpc) is 2.87. The molecule has 1 aromatic carbocycles. The van der Waals surface area contributed by atoms with E-state index in [-0.39, 0.29) is 6.61 Å². The Morgan fingerprint density at radius 2 is 2.20 bits per heavy atom. The highest BCUT2D eigenvalue weighted by Gasteiger charge is 2.08. The lowest BCUT2D eigenvalue weighted by Gasteiger charge is -2.04. The Morgan fingerprint density at radius 1 is 1.30 bits per heavy atom. The third-order valence-electron chi connectivity index (χ3n) is 2.98. The lowest BCUT2D eigenvalue weighted by molar-refractivity contribution is 0.267. The zero-order chi connectivity index (χ0) is 13.9. The van der Waals surface area contributed by atoms with Crippen LogP contribution >= 0.6 is 0 Å². The van der Waals surface area contributed by atoms with Gasteiger partial charge >= 0.3 is 0 Å². The van der Waals surface area contributed by atoms with E-state index in [1.54, 1.807) is 12.3 Å². The number of fused-ring (bicyclic) bond motifs is 1. The van der Waals surface area contributed by atoms with Crippen LogP contribution in [-0.2, 0) is 13.0 Å². The summed E-state index contributed by atoms with van der Waals surface area (Å²) in [5, 5.41) is 0. The molecule has 0 aliphatic rings. The Balaban J connectivity index is 1.76. The van der Waals surface area contributed by atoms with E-state index in [1.165, 1.54) is 5.56 Å². The Bertz CT molecular complexity index is 737. The van der Waals surface area contributed by atoms with Gasteiger partial charge in [0, 0.05) is 6.07 Å². The number of hydrogen-bond acceptors (Lipinski definition) is 5. The van der Waals surface area contributed by atoms with Gasteiger partial charge in [-0.15, -0.1) is 0 Å². The summed E-state index contributed by atoms with van der Waals surface area (Å²) in [5.74, 6) is 1.29. The zero-order valence-electron chi connectivity index (χ0n) is 11.2. The van der Waals surface area contributed by atoms with E-state index < -0.39 is 0 Å². The summed E-state index contributed by atoms with van der Waals surface area (Å²) in [6.45, 7) is 2.37. The van der Waals surface area contributed by atoms with Crippen LogP contribution in [0, 0.1) is 0 Å². The molecule has 0 radical (unpaired) electrons. The molecule has 0 aliphatic heterocycles. The van der Waals surface area contributed by atoms with E-state index in [4.69, 9.17) is 14.9 Å². The zero-order valence-corrected chi connectivity index (χ0v) is 11.2. The molecule has 5 heteroatoms. The second-order valence-corrected chi connectivity index (χ2v) is 4.49. The molecule has 2 aromatic heterocycles. The van der Waals surface area contributed by atoms with Crippen LogP contribution in [0.15, 0.2) is 40.9 Å². The second kappa shape index (κ2) is 5.21. The molecule has 0 saturated heterocycles. The Morgan fingerprint density at radius 3 is 3.05 bits per heavy atom. The van der Waals surface area contributed by atoms with Gasteiger partial charge in [-0.2, -0.15) is 4.98 Å². The molecule has 0 unspecified atom stereocenters. The van der Waals surface area contributed by atoms with Gasteiger partial charge in [-0.1, -0.05) is 19.1 Å². The standard InChI is InChI=1S/C15H15N3O2/c1-2-10-4-3-5-12(6-10)19-9-14-18-15-13(20-14)7-11(16)8-17-15/h3-8H,2,9,16H2,1H3.